The van der Waals surface area contributed by atoms with Crippen molar-refractivity contribution in [3.63, 3.8) is 0 Å². The topological polar surface area (TPSA) is 61.1 Å². The van der Waals surface area contributed by atoms with Crippen molar-refractivity contribution in [1.29, 1.82) is 0 Å². The third-order valence-electron chi connectivity index (χ3n) is 0.535. The molecule has 0 aliphatic rings. The molecule has 0 aliphatic carbocycles. The van der Waals surface area contributed by atoms with E-state index in [0.29, 0.717) is 0 Å². The molecule has 0 aromatic heterocycles. The summed E-state index contributed by atoms with van der Waals surface area (Å²) in [5, 5.41) is 8.06. The van der Waals surface area contributed by atoms with Gasteiger partial charge in [-0.1, -0.05) is 13.8 Å². The van der Waals surface area contributed by atoms with E-state index in [0.717, 1.165) is 0 Å². The van der Waals surface area contributed by atoms with E-state index in [9.17, 15) is 4.79 Å². The Labute approximate surface area is 75.9 Å². The molecule has 0 fully saturated rings. The van der Waals surface area contributed by atoms with Crippen LogP contribution in [-0.2, 0) is 22.4 Å². The van der Waals surface area contributed by atoms with E-state index < -0.39 is 11.5 Å². The van der Waals surface area contributed by atoms with Gasteiger partial charge in [0.15, 0.2) is 0 Å². The molecule has 0 saturated heterocycles. The second-order valence-electron chi connectivity index (χ2n) is 1.93. The molecule has 10 heavy (non-hydrogen) atoms. The van der Waals surface area contributed by atoms with Gasteiger partial charge in [-0.25, -0.2) is 0 Å². The van der Waals surface area contributed by atoms with Gasteiger partial charge in [0.25, 0.3) is 5.97 Å². The molecule has 0 atom stereocenters. The second-order valence-corrected chi connectivity index (χ2v) is 1.93. The molecule has 0 rings (SSSR count). The quantitative estimate of drug-likeness (QED) is 0.741. The van der Waals surface area contributed by atoms with Crippen LogP contribution in [-0.4, -0.2) is 16.6 Å². The first kappa shape index (κ1) is 16.8. The normalized spacial score (nSPS) is 8.50. The summed E-state index contributed by atoms with van der Waals surface area (Å²) < 4.78 is 0. The Morgan fingerprint density at radius 1 is 1.60 bits per heavy atom. The minimum absolute atomic E-state index is 0. The molecule has 0 aromatic rings. The van der Waals surface area contributed by atoms with Crippen molar-refractivity contribution in [2.24, 2.45) is 0 Å². The van der Waals surface area contributed by atoms with E-state index >= 15 is 0 Å². The third kappa shape index (κ3) is 11.2. The van der Waals surface area contributed by atoms with Gasteiger partial charge in [0.05, 0.1) is 0 Å². The Bertz CT molecular complexity index is 92.1. The van der Waals surface area contributed by atoms with E-state index in [4.69, 9.17) is 10.8 Å². The number of carbonyl (C=O) groups is 1. The fourth-order valence-electron chi connectivity index (χ4n) is 0. The SMILES string of the molecule is CC(C)([NH-])C(=O)O.[CH3-].[Cl][Os]. The van der Waals surface area contributed by atoms with Gasteiger partial charge in [0, 0.05) is 0 Å². The predicted molar refractivity (Wildman–Crippen MR) is 38.3 cm³/mol. The van der Waals surface area contributed by atoms with E-state index in [1.807, 2.05) is 0 Å². The van der Waals surface area contributed by atoms with E-state index in [-0.39, 0.29) is 7.43 Å². The monoisotopic (exact) mass is 344 g/mol. The maximum atomic E-state index is 9.83. The molecule has 0 bridgehead atoms. The van der Waals surface area contributed by atoms with Crippen molar-refractivity contribution in [1.82, 2.24) is 0 Å². The van der Waals surface area contributed by atoms with Gasteiger partial charge in [-0.05, 0) is 5.54 Å². The van der Waals surface area contributed by atoms with Crippen LogP contribution in [0, 0.1) is 7.43 Å². The summed E-state index contributed by atoms with van der Waals surface area (Å²) in [6, 6.07) is 0. The van der Waals surface area contributed by atoms with Gasteiger partial charge < -0.3 is 18.3 Å². The van der Waals surface area contributed by atoms with Gasteiger partial charge in [0.2, 0.25) is 0 Å². The fraction of sp³-hybridized carbons (Fsp3) is 0.600. The summed E-state index contributed by atoms with van der Waals surface area (Å²) in [7, 11) is 4.67. The number of rotatable bonds is 1. The molecule has 0 saturated carbocycles. The maximum absolute atomic E-state index is 9.83. The Kier molecular flexibility index (Phi) is 12.5. The number of carboxylic acids is 1. The van der Waals surface area contributed by atoms with Crippen molar-refractivity contribution < 1.29 is 27.5 Å². The summed E-state index contributed by atoms with van der Waals surface area (Å²) in [6.07, 6.45) is 0. The summed E-state index contributed by atoms with van der Waals surface area (Å²) in [5.74, 6) is -1.09. The Balaban J connectivity index is -0.000000149. The summed E-state index contributed by atoms with van der Waals surface area (Å²) in [5.41, 5.74) is 5.45. The van der Waals surface area contributed by atoms with Crippen LogP contribution < -0.4 is 0 Å². The molecular weight excluding hydrogens is 332 g/mol. The zero-order valence-electron chi connectivity index (χ0n) is 6.09. The zero-order chi connectivity index (χ0) is 8.08. The molecule has 0 aliphatic heterocycles. The van der Waals surface area contributed by atoms with Crippen LogP contribution in [0.5, 0.6) is 0 Å². The Hall–Kier alpha value is 0.356. The van der Waals surface area contributed by atoms with Crippen LogP contribution in [0.3, 0.4) is 0 Å². The standard InChI is InChI=1S/C4H8NO2.CH3.ClH.Os/c1-4(2,5)3(6)7;;;/h5H,1-2H3,(H,6,7);1H3;1H;/q2*-1;;+1/p-1. The molecule has 65 valence electrons. The molecule has 5 heteroatoms. The molecular formula is C5H11ClNO2Os-2. The average Bonchev–Trinajstić information content (AvgIpc) is 1.69. The molecule has 0 unspecified atom stereocenters. The molecule has 0 amide bonds. The van der Waals surface area contributed by atoms with Gasteiger partial charge in [-0.3, -0.25) is 4.79 Å². The number of halogens is 1. The third-order valence-corrected chi connectivity index (χ3v) is 0.535. The predicted octanol–water partition coefficient (Wildman–Crippen LogP) is 2.04. The summed E-state index contributed by atoms with van der Waals surface area (Å²) in [4.78, 5) is 9.83. The van der Waals surface area contributed by atoms with Crippen LogP contribution >= 0.6 is 9.64 Å². The molecule has 0 aromatic carbocycles. The molecule has 2 N–H and O–H groups in total. The molecule has 0 radical (unpaired) electrons. The van der Waals surface area contributed by atoms with Crippen molar-refractivity contribution >= 4 is 15.6 Å². The first-order chi connectivity index (χ1) is 3.94. The second kappa shape index (κ2) is 7.46. The van der Waals surface area contributed by atoms with Crippen LogP contribution in [0.25, 0.3) is 5.73 Å². The van der Waals surface area contributed by atoms with Crippen molar-refractivity contribution in [3.05, 3.63) is 13.2 Å². The van der Waals surface area contributed by atoms with E-state index in [1.54, 1.807) is 0 Å². The number of hydrogen-bond donors (Lipinski definition) is 1. The van der Waals surface area contributed by atoms with Gasteiger partial charge in [-0.15, -0.1) is 0 Å². The number of hydrogen-bond acceptors (Lipinski definition) is 1. The Morgan fingerprint density at radius 2 is 1.70 bits per heavy atom. The first-order valence-electron chi connectivity index (χ1n) is 2.06. The van der Waals surface area contributed by atoms with Crippen LogP contribution in [0.2, 0.25) is 0 Å². The first-order valence-corrected chi connectivity index (χ1v) is 5.21. The fourth-order valence-corrected chi connectivity index (χ4v) is 0. The van der Waals surface area contributed by atoms with E-state index in [1.165, 1.54) is 31.4 Å². The van der Waals surface area contributed by atoms with Crippen LogP contribution in [0.15, 0.2) is 0 Å². The average molecular weight is 343 g/mol. The summed E-state index contributed by atoms with van der Waals surface area (Å²) in [6.45, 7) is 2.66. The van der Waals surface area contributed by atoms with Crippen LogP contribution in [0.4, 0.5) is 0 Å². The molecule has 3 nitrogen and oxygen atoms in total. The van der Waals surface area contributed by atoms with Crippen molar-refractivity contribution in [3.8, 4) is 0 Å². The zero-order valence-corrected chi connectivity index (χ0v) is 9.38. The van der Waals surface area contributed by atoms with Gasteiger partial charge in [-0.2, -0.15) is 0 Å². The van der Waals surface area contributed by atoms with Crippen molar-refractivity contribution in [2.75, 3.05) is 0 Å². The van der Waals surface area contributed by atoms with Crippen LogP contribution in [0.1, 0.15) is 13.8 Å². The minimum atomic E-state index is -1.33. The number of aliphatic carboxylic acids is 1. The Morgan fingerprint density at radius 3 is 1.70 bits per heavy atom. The number of carboxylic acid groups (broad SMARTS) is 1. The molecule has 0 spiro atoms. The van der Waals surface area contributed by atoms with Crippen molar-refractivity contribution in [2.45, 2.75) is 19.4 Å². The summed E-state index contributed by atoms with van der Waals surface area (Å²) >= 11 is 1.33. The van der Waals surface area contributed by atoms with E-state index in [2.05, 4.69) is 9.64 Å². The van der Waals surface area contributed by atoms with Gasteiger partial charge >= 0.3 is 27.2 Å². The number of nitrogens with one attached hydrogen (secondary N) is 1. The van der Waals surface area contributed by atoms with Gasteiger partial charge in [0.1, 0.15) is 0 Å². The molecule has 0 heterocycles.